The van der Waals surface area contributed by atoms with E-state index in [9.17, 15) is 0 Å². The molecule has 2 rings (SSSR count). The molecule has 0 saturated carbocycles. The van der Waals surface area contributed by atoms with Gasteiger partial charge in [-0.2, -0.15) is 0 Å². The van der Waals surface area contributed by atoms with Crippen molar-refractivity contribution in [1.82, 2.24) is 0 Å². The number of anilines is 1. The zero-order valence-electron chi connectivity index (χ0n) is 9.69. The summed E-state index contributed by atoms with van der Waals surface area (Å²) in [4.78, 5) is 2.14. The fourth-order valence-corrected chi connectivity index (χ4v) is 1.90. The summed E-state index contributed by atoms with van der Waals surface area (Å²) in [6.07, 6.45) is 10.5. The highest BCUT2D eigenvalue weighted by Crippen LogP contribution is 2.24. The third kappa shape index (κ3) is 2.25. The number of benzene rings is 1. The van der Waals surface area contributed by atoms with Crippen molar-refractivity contribution in [3.05, 3.63) is 66.4 Å². The SMILES string of the molecule is C=C1/C=C\C=C/CCc2ccccc2N1C. The second kappa shape index (κ2) is 4.84. The number of para-hydroxylation sites is 1. The maximum absolute atomic E-state index is 4.07. The Morgan fingerprint density at radius 3 is 2.88 bits per heavy atom. The van der Waals surface area contributed by atoms with E-state index in [-0.39, 0.29) is 0 Å². The summed E-state index contributed by atoms with van der Waals surface area (Å²) in [5.41, 5.74) is 3.65. The Morgan fingerprint density at radius 1 is 1.19 bits per heavy atom. The zero-order valence-corrected chi connectivity index (χ0v) is 9.69. The van der Waals surface area contributed by atoms with Crippen molar-refractivity contribution in [2.75, 3.05) is 11.9 Å². The van der Waals surface area contributed by atoms with Gasteiger partial charge in [0.1, 0.15) is 0 Å². The van der Waals surface area contributed by atoms with Crippen LogP contribution in [0.25, 0.3) is 0 Å². The normalized spacial score (nSPS) is 20.1. The highest BCUT2D eigenvalue weighted by atomic mass is 15.1. The molecule has 0 N–H and O–H groups in total. The van der Waals surface area contributed by atoms with Crippen LogP contribution in [0.15, 0.2) is 60.8 Å². The van der Waals surface area contributed by atoms with E-state index in [4.69, 9.17) is 0 Å². The van der Waals surface area contributed by atoms with Gasteiger partial charge in [0.05, 0.1) is 0 Å². The first-order valence-electron chi connectivity index (χ1n) is 5.63. The van der Waals surface area contributed by atoms with E-state index >= 15 is 0 Å². The monoisotopic (exact) mass is 211 g/mol. The van der Waals surface area contributed by atoms with E-state index in [0.29, 0.717) is 0 Å². The number of fused-ring (bicyclic) bond motifs is 1. The zero-order chi connectivity index (χ0) is 11.4. The van der Waals surface area contributed by atoms with Gasteiger partial charge < -0.3 is 4.90 Å². The standard InChI is InChI=1S/C15H17N/c1-13-9-5-3-4-6-10-14-11-7-8-12-15(14)16(13)2/h3-5,7-9,11-12H,1,6,10H2,2H3/b4-3-,9-5-. The van der Waals surface area contributed by atoms with E-state index in [1.807, 2.05) is 12.2 Å². The molecule has 0 atom stereocenters. The molecule has 1 aliphatic rings. The summed E-state index contributed by atoms with van der Waals surface area (Å²) in [5, 5.41) is 0. The van der Waals surface area contributed by atoms with E-state index in [1.165, 1.54) is 11.3 Å². The minimum absolute atomic E-state index is 1.01. The number of hydrogen-bond acceptors (Lipinski definition) is 1. The first-order chi connectivity index (χ1) is 7.79. The van der Waals surface area contributed by atoms with E-state index in [1.54, 1.807) is 0 Å². The lowest BCUT2D eigenvalue weighted by Crippen LogP contribution is -2.16. The number of allylic oxidation sites excluding steroid dienone is 4. The Morgan fingerprint density at radius 2 is 2.00 bits per heavy atom. The second-order valence-corrected chi connectivity index (χ2v) is 4.01. The Labute approximate surface area is 97.4 Å². The summed E-state index contributed by atoms with van der Waals surface area (Å²) in [6, 6.07) is 8.52. The largest absolute Gasteiger partial charge is 0.345 e. The van der Waals surface area contributed by atoms with Gasteiger partial charge in [-0.15, -0.1) is 0 Å². The number of aryl methyl sites for hydroxylation is 1. The lowest BCUT2D eigenvalue weighted by atomic mass is 10.1. The molecule has 0 unspecified atom stereocenters. The lowest BCUT2D eigenvalue weighted by Gasteiger charge is -2.23. The predicted molar refractivity (Wildman–Crippen MR) is 70.6 cm³/mol. The molecule has 1 heteroatoms. The van der Waals surface area contributed by atoms with Crippen LogP contribution < -0.4 is 4.90 Å². The Balaban J connectivity index is 2.42. The van der Waals surface area contributed by atoms with Crippen LogP contribution in [0, 0.1) is 0 Å². The molecule has 0 aliphatic carbocycles. The molecule has 1 aromatic carbocycles. The number of nitrogens with zero attached hydrogens (tertiary/aromatic N) is 1. The summed E-state index contributed by atoms with van der Waals surface area (Å²) >= 11 is 0. The molecule has 1 heterocycles. The van der Waals surface area contributed by atoms with Crippen LogP contribution in [0.1, 0.15) is 12.0 Å². The van der Waals surface area contributed by atoms with Crippen LogP contribution in [-0.2, 0) is 6.42 Å². The van der Waals surface area contributed by atoms with Crippen molar-refractivity contribution in [3.63, 3.8) is 0 Å². The Hall–Kier alpha value is -1.76. The van der Waals surface area contributed by atoms with Gasteiger partial charge in [-0.05, 0) is 30.5 Å². The van der Waals surface area contributed by atoms with Crippen LogP contribution in [-0.4, -0.2) is 7.05 Å². The van der Waals surface area contributed by atoms with Gasteiger partial charge in [0.2, 0.25) is 0 Å². The van der Waals surface area contributed by atoms with Crippen LogP contribution >= 0.6 is 0 Å². The van der Waals surface area contributed by atoms with Gasteiger partial charge >= 0.3 is 0 Å². The third-order valence-electron chi connectivity index (χ3n) is 2.90. The highest BCUT2D eigenvalue weighted by molar-refractivity contribution is 5.59. The Kier molecular flexibility index (Phi) is 3.25. The van der Waals surface area contributed by atoms with Gasteiger partial charge in [-0.25, -0.2) is 0 Å². The average molecular weight is 211 g/mol. The highest BCUT2D eigenvalue weighted by Gasteiger charge is 2.07. The fourth-order valence-electron chi connectivity index (χ4n) is 1.90. The summed E-state index contributed by atoms with van der Waals surface area (Å²) in [5.74, 6) is 0. The topological polar surface area (TPSA) is 3.24 Å². The molecule has 0 fully saturated rings. The molecular weight excluding hydrogens is 194 g/mol. The van der Waals surface area contributed by atoms with Crippen LogP contribution in [0.4, 0.5) is 5.69 Å². The first-order valence-corrected chi connectivity index (χ1v) is 5.63. The first kappa shape index (κ1) is 10.7. The van der Waals surface area contributed by atoms with Gasteiger partial charge in [0.25, 0.3) is 0 Å². The van der Waals surface area contributed by atoms with E-state index in [0.717, 1.165) is 18.5 Å². The smallest absolute Gasteiger partial charge is 0.0440 e. The molecule has 0 bridgehead atoms. The van der Waals surface area contributed by atoms with Crippen molar-refractivity contribution in [1.29, 1.82) is 0 Å². The molecule has 1 aliphatic heterocycles. The third-order valence-corrected chi connectivity index (χ3v) is 2.90. The van der Waals surface area contributed by atoms with Crippen molar-refractivity contribution in [2.45, 2.75) is 12.8 Å². The molecule has 1 aromatic rings. The minimum atomic E-state index is 1.01. The lowest BCUT2D eigenvalue weighted by molar-refractivity contribution is 0.980. The van der Waals surface area contributed by atoms with Crippen molar-refractivity contribution >= 4 is 5.69 Å². The van der Waals surface area contributed by atoms with Crippen molar-refractivity contribution in [3.8, 4) is 0 Å². The van der Waals surface area contributed by atoms with Gasteiger partial charge in [-0.3, -0.25) is 0 Å². The average Bonchev–Trinajstić information content (AvgIpc) is 2.32. The molecule has 0 aromatic heterocycles. The molecule has 0 amide bonds. The molecule has 82 valence electrons. The van der Waals surface area contributed by atoms with E-state index < -0.39 is 0 Å². The van der Waals surface area contributed by atoms with Crippen LogP contribution in [0.3, 0.4) is 0 Å². The molecule has 1 nitrogen and oxygen atoms in total. The molecular formula is C15H17N. The number of rotatable bonds is 0. The molecule has 0 radical (unpaired) electrons. The molecule has 0 saturated heterocycles. The second-order valence-electron chi connectivity index (χ2n) is 4.01. The Bertz CT molecular complexity index is 441. The summed E-state index contributed by atoms with van der Waals surface area (Å²) < 4.78 is 0. The summed E-state index contributed by atoms with van der Waals surface area (Å²) in [7, 11) is 2.07. The fraction of sp³-hybridized carbons (Fsp3) is 0.200. The quantitative estimate of drug-likeness (QED) is 0.632. The van der Waals surface area contributed by atoms with Crippen LogP contribution in [0.5, 0.6) is 0 Å². The van der Waals surface area contributed by atoms with E-state index in [2.05, 4.69) is 54.9 Å². The number of hydrogen-bond donors (Lipinski definition) is 0. The predicted octanol–water partition coefficient (Wildman–Crippen LogP) is 3.70. The number of likely N-dealkylation sites (N-methyl/N-ethyl adjacent to an activating group) is 1. The molecule has 0 spiro atoms. The van der Waals surface area contributed by atoms with Gasteiger partial charge in [0, 0.05) is 18.4 Å². The maximum atomic E-state index is 4.07. The maximum Gasteiger partial charge on any atom is 0.0440 e. The van der Waals surface area contributed by atoms with Crippen molar-refractivity contribution in [2.24, 2.45) is 0 Å². The van der Waals surface area contributed by atoms with Gasteiger partial charge in [-0.1, -0.05) is 43.0 Å². The molecule has 16 heavy (non-hydrogen) atoms. The van der Waals surface area contributed by atoms with Crippen LogP contribution in [0.2, 0.25) is 0 Å². The van der Waals surface area contributed by atoms with Gasteiger partial charge in [0.15, 0.2) is 0 Å². The van der Waals surface area contributed by atoms with Crippen molar-refractivity contribution < 1.29 is 0 Å². The summed E-state index contributed by atoms with van der Waals surface area (Å²) in [6.45, 7) is 4.07. The minimum Gasteiger partial charge on any atom is -0.345 e.